The Morgan fingerprint density at radius 2 is 2.17 bits per heavy atom. The number of thioether (sulfide) groups is 1. The molecule has 1 atom stereocenters. The minimum Gasteiger partial charge on any atom is -0.494 e. The number of hydrogen-bond donors (Lipinski definition) is 1. The second-order valence-electron chi connectivity index (χ2n) is 7.21. The standard InChI is InChI=1S/C22H22FN3O2S/c1-27-21-19(26-5-7-28-8-6-26)3-2-18(23)20(21)17-12-25-22-16(17)10-15(11-24-22)14-4-9-29-13-14/h2-4,9-12,14H,5-8,13H2,1H3,(H,24,25). The van der Waals surface area contributed by atoms with Crippen molar-refractivity contribution in [3.8, 4) is 16.9 Å². The van der Waals surface area contributed by atoms with Gasteiger partial charge in [0.05, 0.1) is 31.6 Å². The number of nitrogens with zero attached hydrogens (tertiary/aromatic N) is 2. The van der Waals surface area contributed by atoms with E-state index in [1.807, 2.05) is 12.4 Å². The summed E-state index contributed by atoms with van der Waals surface area (Å²) in [5.74, 6) is 1.60. The fraction of sp³-hybridized carbons (Fsp3) is 0.318. The number of methoxy groups -OCH3 is 1. The monoisotopic (exact) mass is 411 g/mol. The van der Waals surface area contributed by atoms with Gasteiger partial charge in [-0.25, -0.2) is 9.37 Å². The first-order valence-corrected chi connectivity index (χ1v) is 10.8. The van der Waals surface area contributed by atoms with Gasteiger partial charge in [0.1, 0.15) is 11.5 Å². The first kappa shape index (κ1) is 18.5. The number of ether oxygens (including phenoxy) is 2. The van der Waals surface area contributed by atoms with Crippen LogP contribution in [0.25, 0.3) is 22.2 Å². The predicted molar refractivity (Wildman–Crippen MR) is 115 cm³/mol. The molecule has 0 radical (unpaired) electrons. The average molecular weight is 412 g/mol. The van der Waals surface area contributed by atoms with Crippen molar-refractivity contribution < 1.29 is 13.9 Å². The van der Waals surface area contributed by atoms with E-state index in [-0.39, 0.29) is 5.82 Å². The minimum absolute atomic E-state index is 0.304. The van der Waals surface area contributed by atoms with Gasteiger partial charge in [-0.05, 0) is 29.2 Å². The van der Waals surface area contributed by atoms with Crippen molar-refractivity contribution >= 4 is 28.5 Å². The van der Waals surface area contributed by atoms with Gasteiger partial charge in [0.25, 0.3) is 0 Å². The third-order valence-electron chi connectivity index (χ3n) is 5.57. The van der Waals surface area contributed by atoms with Gasteiger partial charge in [-0.2, -0.15) is 0 Å². The molecule has 0 spiro atoms. The molecule has 1 fully saturated rings. The molecule has 4 heterocycles. The topological polar surface area (TPSA) is 50.4 Å². The Labute approximate surface area is 172 Å². The molecular weight excluding hydrogens is 389 g/mol. The van der Waals surface area contributed by atoms with Gasteiger partial charge in [0.15, 0.2) is 5.75 Å². The molecule has 0 bridgehead atoms. The summed E-state index contributed by atoms with van der Waals surface area (Å²) >= 11 is 1.80. The maximum absolute atomic E-state index is 15.1. The molecule has 150 valence electrons. The first-order chi connectivity index (χ1) is 14.3. The fourth-order valence-corrected chi connectivity index (χ4v) is 4.98. The Hall–Kier alpha value is -2.51. The summed E-state index contributed by atoms with van der Waals surface area (Å²) in [5, 5.41) is 3.03. The number of aromatic nitrogens is 2. The van der Waals surface area contributed by atoms with E-state index in [1.54, 1.807) is 24.9 Å². The van der Waals surface area contributed by atoms with Crippen molar-refractivity contribution in [3.05, 3.63) is 53.5 Å². The van der Waals surface area contributed by atoms with Crippen LogP contribution >= 0.6 is 11.8 Å². The number of aromatic amines is 1. The number of nitrogens with one attached hydrogen (secondary N) is 1. The highest BCUT2D eigenvalue weighted by Crippen LogP contribution is 2.43. The van der Waals surface area contributed by atoms with Gasteiger partial charge < -0.3 is 19.4 Å². The van der Waals surface area contributed by atoms with E-state index in [9.17, 15) is 0 Å². The molecule has 29 heavy (non-hydrogen) atoms. The van der Waals surface area contributed by atoms with Crippen LogP contribution in [0.1, 0.15) is 11.5 Å². The molecule has 5 nitrogen and oxygen atoms in total. The molecule has 2 aliphatic heterocycles. The number of benzene rings is 1. The minimum atomic E-state index is -0.304. The number of morpholine rings is 1. The van der Waals surface area contributed by atoms with Gasteiger partial charge >= 0.3 is 0 Å². The number of hydrogen-bond acceptors (Lipinski definition) is 5. The Kier molecular flexibility index (Phi) is 4.93. The Morgan fingerprint density at radius 1 is 1.31 bits per heavy atom. The lowest BCUT2D eigenvalue weighted by molar-refractivity contribution is 0.122. The van der Waals surface area contributed by atoms with Crippen LogP contribution in [0.4, 0.5) is 10.1 Å². The van der Waals surface area contributed by atoms with Crippen LogP contribution in [0, 0.1) is 5.82 Å². The lowest BCUT2D eigenvalue weighted by Gasteiger charge is -2.30. The van der Waals surface area contributed by atoms with Crippen molar-refractivity contribution in [2.24, 2.45) is 0 Å². The molecule has 2 aromatic heterocycles. The zero-order valence-corrected chi connectivity index (χ0v) is 17.0. The van der Waals surface area contributed by atoms with E-state index in [4.69, 9.17) is 9.47 Å². The number of allylic oxidation sites excluding steroid dienone is 1. The van der Waals surface area contributed by atoms with E-state index in [1.165, 1.54) is 6.07 Å². The highest BCUT2D eigenvalue weighted by Gasteiger charge is 2.24. The van der Waals surface area contributed by atoms with Gasteiger partial charge in [-0.3, -0.25) is 0 Å². The molecule has 7 heteroatoms. The lowest BCUT2D eigenvalue weighted by atomic mass is 9.98. The number of H-pyrrole nitrogens is 1. The zero-order chi connectivity index (χ0) is 19.8. The number of fused-ring (bicyclic) bond motifs is 1. The molecule has 0 saturated carbocycles. The second kappa shape index (κ2) is 7.72. The predicted octanol–water partition coefficient (Wildman–Crippen LogP) is 4.56. The van der Waals surface area contributed by atoms with E-state index in [0.717, 1.165) is 46.7 Å². The molecule has 0 aliphatic carbocycles. The van der Waals surface area contributed by atoms with E-state index >= 15 is 4.39 Å². The number of anilines is 1. The van der Waals surface area contributed by atoms with Crippen LogP contribution in [0.3, 0.4) is 0 Å². The Morgan fingerprint density at radius 3 is 2.93 bits per heavy atom. The van der Waals surface area contributed by atoms with E-state index < -0.39 is 0 Å². The van der Waals surface area contributed by atoms with Gasteiger partial charge in [-0.15, -0.1) is 11.8 Å². The third kappa shape index (κ3) is 3.28. The van der Waals surface area contributed by atoms with Gasteiger partial charge in [0.2, 0.25) is 0 Å². The van der Waals surface area contributed by atoms with Crippen molar-refractivity contribution in [2.75, 3.05) is 44.1 Å². The summed E-state index contributed by atoms with van der Waals surface area (Å²) < 4.78 is 26.3. The maximum Gasteiger partial charge on any atom is 0.153 e. The Bertz CT molecular complexity index is 1080. The maximum atomic E-state index is 15.1. The second-order valence-corrected chi connectivity index (χ2v) is 8.15. The molecule has 1 saturated heterocycles. The summed E-state index contributed by atoms with van der Waals surface area (Å²) in [5.41, 5.74) is 4.02. The Balaban J connectivity index is 1.65. The molecule has 1 unspecified atom stereocenters. The van der Waals surface area contributed by atoms with Crippen LogP contribution in [0.15, 0.2) is 42.1 Å². The third-order valence-corrected chi connectivity index (χ3v) is 6.48. The van der Waals surface area contributed by atoms with Crippen molar-refractivity contribution in [1.82, 2.24) is 9.97 Å². The summed E-state index contributed by atoms with van der Waals surface area (Å²) in [6, 6.07) is 5.44. The molecule has 1 N–H and O–H groups in total. The largest absolute Gasteiger partial charge is 0.494 e. The SMILES string of the molecule is COc1c(N2CCOCC2)ccc(F)c1-c1c[nH]c2ncc(C3C=CSC3)cc12. The van der Waals surface area contributed by atoms with Gasteiger partial charge in [-0.1, -0.05) is 6.08 Å². The summed E-state index contributed by atoms with van der Waals surface area (Å²) in [6.07, 6.45) is 5.92. The van der Waals surface area contributed by atoms with E-state index in [2.05, 4.69) is 32.4 Å². The number of pyridine rings is 1. The molecule has 2 aliphatic rings. The van der Waals surface area contributed by atoms with E-state index in [0.29, 0.717) is 30.4 Å². The molecule has 1 aromatic carbocycles. The summed E-state index contributed by atoms with van der Waals surface area (Å²) in [4.78, 5) is 9.96. The lowest BCUT2D eigenvalue weighted by Crippen LogP contribution is -2.36. The number of rotatable bonds is 4. The first-order valence-electron chi connectivity index (χ1n) is 9.71. The van der Waals surface area contributed by atoms with Crippen LogP contribution in [-0.4, -0.2) is 49.1 Å². The summed E-state index contributed by atoms with van der Waals surface area (Å²) in [7, 11) is 1.60. The normalized spacial score (nSPS) is 19.2. The van der Waals surface area contributed by atoms with Crippen molar-refractivity contribution in [1.29, 1.82) is 0 Å². The smallest absolute Gasteiger partial charge is 0.153 e. The number of halogens is 1. The van der Waals surface area contributed by atoms with Gasteiger partial charge in [0, 0.05) is 48.1 Å². The van der Waals surface area contributed by atoms with Crippen molar-refractivity contribution in [2.45, 2.75) is 5.92 Å². The molecular formula is C22H22FN3O2S. The van der Waals surface area contributed by atoms with Crippen LogP contribution in [0.2, 0.25) is 0 Å². The molecule has 5 rings (SSSR count). The van der Waals surface area contributed by atoms with Crippen molar-refractivity contribution in [3.63, 3.8) is 0 Å². The summed E-state index contributed by atoms with van der Waals surface area (Å²) in [6.45, 7) is 2.83. The highest BCUT2D eigenvalue weighted by atomic mass is 32.2. The molecule has 0 amide bonds. The fourth-order valence-electron chi connectivity index (χ4n) is 4.06. The quantitative estimate of drug-likeness (QED) is 0.682. The molecule has 3 aromatic rings. The highest BCUT2D eigenvalue weighted by molar-refractivity contribution is 8.02. The zero-order valence-electron chi connectivity index (χ0n) is 16.2. The van der Waals surface area contributed by atoms with Crippen LogP contribution < -0.4 is 9.64 Å². The average Bonchev–Trinajstić information content (AvgIpc) is 3.44. The van der Waals surface area contributed by atoms with Crippen LogP contribution in [-0.2, 0) is 4.74 Å². The van der Waals surface area contributed by atoms with Crippen LogP contribution in [0.5, 0.6) is 5.75 Å².